The summed E-state index contributed by atoms with van der Waals surface area (Å²) in [5.41, 5.74) is -2.79. The average Bonchev–Trinajstić information content (AvgIpc) is 2.60. The van der Waals surface area contributed by atoms with E-state index in [9.17, 15) is 32.5 Å². The number of amides is 1. The molecular formula is C17H14F4N2O4. The quantitative estimate of drug-likeness (QED) is 0.453. The number of ether oxygens (including phenoxy) is 1. The largest absolute Gasteiger partial charge is 0.493 e. The molecule has 2 aromatic rings. The molecule has 0 bridgehead atoms. The van der Waals surface area contributed by atoms with E-state index < -0.39 is 40.0 Å². The van der Waals surface area contributed by atoms with E-state index in [4.69, 9.17) is 4.74 Å². The summed E-state index contributed by atoms with van der Waals surface area (Å²) in [5, 5.41) is 13.0. The molecule has 2 rings (SSSR count). The predicted molar refractivity (Wildman–Crippen MR) is 87.8 cm³/mol. The van der Waals surface area contributed by atoms with Crippen molar-refractivity contribution < 1.29 is 32.0 Å². The number of halogens is 4. The molecule has 0 aromatic heterocycles. The number of nitro benzene ring substituents is 1. The van der Waals surface area contributed by atoms with Gasteiger partial charge < -0.3 is 10.1 Å². The van der Waals surface area contributed by atoms with Crippen LogP contribution in [0.3, 0.4) is 0 Å². The van der Waals surface area contributed by atoms with Crippen LogP contribution < -0.4 is 10.1 Å². The SMILES string of the molecule is C[C@H](COc1ccc(F)cc1)C(=O)Nc1ccc([N+](=O)[O-])c(C(F)(F)F)c1. The number of benzene rings is 2. The minimum absolute atomic E-state index is 0.101. The number of hydrogen-bond donors (Lipinski definition) is 1. The first kappa shape index (κ1) is 20.1. The van der Waals surface area contributed by atoms with Crippen molar-refractivity contribution in [2.24, 2.45) is 5.92 Å². The smallest absolute Gasteiger partial charge is 0.423 e. The van der Waals surface area contributed by atoms with Crippen molar-refractivity contribution in [3.63, 3.8) is 0 Å². The molecule has 6 nitrogen and oxygen atoms in total. The van der Waals surface area contributed by atoms with Gasteiger partial charge in [-0.3, -0.25) is 14.9 Å². The average molecular weight is 386 g/mol. The molecule has 0 unspecified atom stereocenters. The van der Waals surface area contributed by atoms with Crippen LogP contribution in [0.4, 0.5) is 28.9 Å². The van der Waals surface area contributed by atoms with E-state index in [1.807, 2.05) is 0 Å². The van der Waals surface area contributed by atoms with Gasteiger partial charge in [-0.05, 0) is 36.4 Å². The Balaban J connectivity index is 2.05. The fraction of sp³-hybridized carbons (Fsp3) is 0.235. The molecule has 0 spiro atoms. The summed E-state index contributed by atoms with van der Waals surface area (Å²) in [6.45, 7) is 1.38. The molecule has 0 saturated heterocycles. The Kier molecular flexibility index (Phi) is 5.98. The van der Waals surface area contributed by atoms with Crippen molar-refractivity contribution in [2.45, 2.75) is 13.1 Å². The van der Waals surface area contributed by atoms with Crippen molar-refractivity contribution in [2.75, 3.05) is 11.9 Å². The predicted octanol–water partition coefficient (Wildman–Crippen LogP) is 4.41. The van der Waals surface area contributed by atoms with E-state index in [2.05, 4.69) is 5.32 Å². The van der Waals surface area contributed by atoms with Gasteiger partial charge in [-0.25, -0.2) is 4.39 Å². The van der Waals surface area contributed by atoms with Crippen molar-refractivity contribution in [3.05, 3.63) is 64.0 Å². The van der Waals surface area contributed by atoms with E-state index in [1.165, 1.54) is 31.2 Å². The maximum atomic E-state index is 13.0. The second kappa shape index (κ2) is 8.02. The first-order valence-corrected chi connectivity index (χ1v) is 7.63. The molecule has 1 atom stereocenters. The van der Waals surface area contributed by atoms with Crippen LogP contribution in [0.2, 0.25) is 0 Å². The molecule has 27 heavy (non-hydrogen) atoms. The lowest BCUT2D eigenvalue weighted by molar-refractivity contribution is -0.388. The number of rotatable bonds is 6. The second-order valence-electron chi connectivity index (χ2n) is 5.64. The lowest BCUT2D eigenvalue weighted by atomic mass is 10.1. The molecule has 0 fully saturated rings. The highest BCUT2D eigenvalue weighted by atomic mass is 19.4. The minimum Gasteiger partial charge on any atom is -0.493 e. The number of carbonyl (C=O) groups excluding carboxylic acids is 1. The zero-order valence-corrected chi connectivity index (χ0v) is 13.9. The lowest BCUT2D eigenvalue weighted by Crippen LogP contribution is -2.25. The lowest BCUT2D eigenvalue weighted by Gasteiger charge is -2.15. The Hall–Kier alpha value is -3.17. The number of anilines is 1. The summed E-state index contributed by atoms with van der Waals surface area (Å²) in [5.74, 6) is -1.52. The third kappa shape index (κ3) is 5.40. The van der Waals surface area contributed by atoms with Gasteiger partial charge in [-0.1, -0.05) is 6.92 Å². The Morgan fingerprint density at radius 2 is 1.85 bits per heavy atom. The van der Waals surface area contributed by atoms with Crippen molar-refractivity contribution >= 4 is 17.3 Å². The number of nitrogens with one attached hydrogen (secondary N) is 1. The van der Waals surface area contributed by atoms with Gasteiger partial charge in [-0.2, -0.15) is 13.2 Å². The fourth-order valence-corrected chi connectivity index (χ4v) is 2.09. The van der Waals surface area contributed by atoms with Crippen LogP contribution in [0.25, 0.3) is 0 Å². The van der Waals surface area contributed by atoms with Gasteiger partial charge in [-0.15, -0.1) is 0 Å². The van der Waals surface area contributed by atoms with Gasteiger partial charge >= 0.3 is 6.18 Å². The maximum absolute atomic E-state index is 13.0. The van der Waals surface area contributed by atoms with Crippen molar-refractivity contribution in [3.8, 4) is 5.75 Å². The highest BCUT2D eigenvalue weighted by Gasteiger charge is 2.38. The van der Waals surface area contributed by atoms with Crippen molar-refractivity contribution in [1.29, 1.82) is 0 Å². The molecular weight excluding hydrogens is 372 g/mol. The topological polar surface area (TPSA) is 81.5 Å². The van der Waals surface area contributed by atoms with Crippen LogP contribution in [0, 0.1) is 21.8 Å². The molecule has 2 aromatic carbocycles. The van der Waals surface area contributed by atoms with E-state index in [-0.39, 0.29) is 12.3 Å². The Bertz CT molecular complexity index is 838. The number of nitro groups is 1. The molecule has 144 valence electrons. The number of alkyl halides is 3. The summed E-state index contributed by atoms with van der Waals surface area (Å²) >= 11 is 0. The second-order valence-corrected chi connectivity index (χ2v) is 5.64. The number of carbonyl (C=O) groups is 1. The first-order valence-electron chi connectivity index (χ1n) is 7.63. The molecule has 0 radical (unpaired) electrons. The van der Waals surface area contributed by atoms with Crippen LogP contribution in [-0.2, 0) is 11.0 Å². The zero-order chi connectivity index (χ0) is 20.2. The van der Waals surface area contributed by atoms with E-state index in [0.717, 1.165) is 6.07 Å². The van der Waals surface area contributed by atoms with Crippen LogP contribution in [0.1, 0.15) is 12.5 Å². The van der Waals surface area contributed by atoms with Crippen LogP contribution in [0.5, 0.6) is 5.75 Å². The summed E-state index contributed by atoms with van der Waals surface area (Å²) in [6.07, 6.45) is -4.94. The highest BCUT2D eigenvalue weighted by Crippen LogP contribution is 2.37. The highest BCUT2D eigenvalue weighted by molar-refractivity contribution is 5.92. The molecule has 0 heterocycles. The summed E-state index contributed by atoms with van der Waals surface area (Å²) in [7, 11) is 0. The van der Waals surface area contributed by atoms with Gasteiger partial charge in [0.15, 0.2) is 0 Å². The van der Waals surface area contributed by atoms with Crippen LogP contribution >= 0.6 is 0 Å². The van der Waals surface area contributed by atoms with Gasteiger partial charge in [0.05, 0.1) is 17.4 Å². The van der Waals surface area contributed by atoms with E-state index >= 15 is 0 Å². The third-order valence-electron chi connectivity index (χ3n) is 3.53. The monoisotopic (exact) mass is 386 g/mol. The van der Waals surface area contributed by atoms with E-state index in [0.29, 0.717) is 17.9 Å². The normalized spacial score (nSPS) is 12.3. The van der Waals surface area contributed by atoms with Crippen molar-refractivity contribution in [1.82, 2.24) is 0 Å². The summed E-state index contributed by atoms with van der Waals surface area (Å²) in [4.78, 5) is 21.7. The third-order valence-corrected chi connectivity index (χ3v) is 3.53. The van der Waals surface area contributed by atoms with Gasteiger partial charge in [0.1, 0.15) is 17.1 Å². The molecule has 1 amide bonds. The molecule has 0 aliphatic rings. The minimum atomic E-state index is -4.94. The molecule has 10 heteroatoms. The molecule has 1 N–H and O–H groups in total. The van der Waals surface area contributed by atoms with Gasteiger partial charge in [0.25, 0.3) is 5.69 Å². The zero-order valence-electron chi connectivity index (χ0n) is 13.9. The molecule has 0 aliphatic carbocycles. The molecule has 0 saturated carbocycles. The Morgan fingerprint density at radius 3 is 2.41 bits per heavy atom. The Morgan fingerprint density at radius 1 is 1.22 bits per heavy atom. The Labute approximate surface area is 150 Å². The number of hydrogen-bond acceptors (Lipinski definition) is 4. The van der Waals surface area contributed by atoms with E-state index in [1.54, 1.807) is 0 Å². The molecule has 0 aliphatic heterocycles. The maximum Gasteiger partial charge on any atom is 0.423 e. The van der Waals surface area contributed by atoms with Crippen LogP contribution in [0.15, 0.2) is 42.5 Å². The summed E-state index contributed by atoms with van der Waals surface area (Å²) < 4.78 is 57.0. The van der Waals surface area contributed by atoms with Crippen LogP contribution in [-0.4, -0.2) is 17.4 Å². The standard InChI is InChI=1S/C17H14F4N2O4/c1-10(9-27-13-5-2-11(18)3-6-13)16(24)22-12-4-7-15(23(25)26)14(8-12)17(19,20)21/h2-8,10H,9H2,1H3,(H,22,24)/t10-/m1/s1. The first-order chi connectivity index (χ1) is 12.6. The summed E-state index contributed by atoms with van der Waals surface area (Å²) in [6, 6.07) is 7.28. The van der Waals surface area contributed by atoms with Gasteiger partial charge in [0, 0.05) is 11.8 Å². The fourth-order valence-electron chi connectivity index (χ4n) is 2.09. The number of nitrogens with zero attached hydrogens (tertiary/aromatic N) is 1. The van der Waals surface area contributed by atoms with Gasteiger partial charge in [0.2, 0.25) is 5.91 Å².